The molecule has 0 spiro atoms. The molecule has 3 rings (SSSR count). The number of hydrogen-bond donors (Lipinski definition) is 1. The summed E-state index contributed by atoms with van der Waals surface area (Å²) in [7, 11) is 0. The highest BCUT2D eigenvalue weighted by Crippen LogP contribution is 2.17. The van der Waals surface area contributed by atoms with Crippen LogP contribution in [0.5, 0.6) is 0 Å². The Balaban J connectivity index is 1.49. The molecule has 1 amide bonds. The average molecular weight is 359 g/mol. The number of anilines is 1. The largest absolute Gasteiger partial charge is 0.490 e. The highest BCUT2D eigenvalue weighted by molar-refractivity contribution is 5.75. The smallest absolute Gasteiger partial charge is 0.390 e. The summed E-state index contributed by atoms with van der Waals surface area (Å²) in [6, 6.07) is 3.93. The number of carbonyl (C=O) groups is 1. The maximum absolute atomic E-state index is 11.9. The van der Waals surface area contributed by atoms with E-state index in [0.29, 0.717) is 6.54 Å². The van der Waals surface area contributed by atoms with Crippen molar-refractivity contribution >= 4 is 17.7 Å². The fourth-order valence-corrected chi connectivity index (χ4v) is 2.86. The van der Waals surface area contributed by atoms with Crippen molar-refractivity contribution in [3.8, 4) is 0 Å². The predicted molar refractivity (Wildman–Crippen MR) is 93.4 cm³/mol. The third kappa shape index (κ3) is 4.74. The molecule has 0 aromatic carbocycles. The lowest BCUT2D eigenvalue weighted by Gasteiger charge is -2.21. The van der Waals surface area contributed by atoms with E-state index >= 15 is 0 Å². The molecule has 0 saturated carbocycles. The van der Waals surface area contributed by atoms with Crippen LogP contribution in [0.2, 0.25) is 0 Å². The second-order valence-corrected chi connectivity index (χ2v) is 6.20. The number of carbonyl (C=O) groups excluding carboxylic acids is 1. The van der Waals surface area contributed by atoms with Crippen molar-refractivity contribution in [2.45, 2.75) is 38.8 Å². The minimum atomic E-state index is -0.702. The zero-order chi connectivity index (χ0) is 18.4. The summed E-state index contributed by atoms with van der Waals surface area (Å²) in [6.07, 6.45) is 7.86. The molecule has 0 radical (unpaired) electrons. The van der Waals surface area contributed by atoms with Crippen LogP contribution in [-0.2, 0) is 17.9 Å². The Labute approximate surface area is 150 Å². The molecule has 1 aliphatic heterocycles. The molecule has 26 heavy (non-hydrogen) atoms. The monoisotopic (exact) mass is 359 g/mol. The standard InChI is InChI=1S/C16H21N7O3/c24-15(11-22-12-19-16(20-22)23(25)26)18-10-13-5-6-14(17-9-13)21-7-3-1-2-4-8-21/h5-6,9,12H,1-4,7-8,10-11H2,(H,18,24). The van der Waals surface area contributed by atoms with Crippen LogP contribution in [0.1, 0.15) is 31.2 Å². The average Bonchev–Trinajstić information content (AvgIpc) is 2.94. The number of pyridine rings is 1. The first-order valence-corrected chi connectivity index (χ1v) is 8.62. The Morgan fingerprint density at radius 2 is 1.96 bits per heavy atom. The van der Waals surface area contributed by atoms with Crippen molar-refractivity contribution < 1.29 is 9.72 Å². The normalized spacial score (nSPS) is 14.7. The summed E-state index contributed by atoms with van der Waals surface area (Å²) in [6.45, 7) is 2.28. The fraction of sp³-hybridized carbons (Fsp3) is 0.500. The number of nitrogens with zero attached hydrogens (tertiary/aromatic N) is 6. The van der Waals surface area contributed by atoms with Gasteiger partial charge in [0, 0.05) is 30.9 Å². The fourth-order valence-electron chi connectivity index (χ4n) is 2.86. The molecule has 0 atom stereocenters. The third-order valence-corrected chi connectivity index (χ3v) is 4.22. The molecular weight excluding hydrogens is 338 g/mol. The van der Waals surface area contributed by atoms with Crippen LogP contribution in [0, 0.1) is 10.1 Å². The Hall–Kier alpha value is -3.04. The maximum atomic E-state index is 11.9. The summed E-state index contributed by atoms with van der Waals surface area (Å²) in [5.41, 5.74) is 0.890. The van der Waals surface area contributed by atoms with Crippen LogP contribution in [0.15, 0.2) is 24.7 Å². The number of aromatic nitrogens is 4. The number of nitrogens with one attached hydrogen (secondary N) is 1. The Bertz CT molecular complexity index is 751. The van der Waals surface area contributed by atoms with Crippen LogP contribution in [0.3, 0.4) is 0 Å². The van der Waals surface area contributed by atoms with Crippen LogP contribution >= 0.6 is 0 Å². The lowest BCUT2D eigenvalue weighted by atomic mass is 10.2. The SMILES string of the molecule is O=C(Cn1cnc([N+](=O)[O-])n1)NCc1ccc(N2CCCCCC2)nc1. The minimum absolute atomic E-state index is 0.125. The number of amides is 1. The van der Waals surface area contributed by atoms with Gasteiger partial charge in [-0.3, -0.25) is 4.79 Å². The van der Waals surface area contributed by atoms with Crippen molar-refractivity contribution in [1.82, 2.24) is 25.1 Å². The highest BCUT2D eigenvalue weighted by atomic mass is 16.6. The van der Waals surface area contributed by atoms with E-state index in [1.807, 2.05) is 12.1 Å². The molecule has 1 saturated heterocycles. The highest BCUT2D eigenvalue weighted by Gasteiger charge is 2.15. The van der Waals surface area contributed by atoms with Gasteiger partial charge < -0.3 is 20.3 Å². The lowest BCUT2D eigenvalue weighted by Crippen LogP contribution is -2.27. The summed E-state index contributed by atoms with van der Waals surface area (Å²) in [4.78, 5) is 32.0. The Kier molecular flexibility index (Phi) is 5.72. The molecule has 0 aliphatic carbocycles. The third-order valence-electron chi connectivity index (χ3n) is 4.22. The first-order chi connectivity index (χ1) is 12.6. The maximum Gasteiger partial charge on any atom is 0.490 e. The molecule has 10 heteroatoms. The lowest BCUT2D eigenvalue weighted by molar-refractivity contribution is -0.394. The van der Waals surface area contributed by atoms with Crippen LogP contribution in [-0.4, -0.2) is 43.7 Å². The minimum Gasteiger partial charge on any atom is -0.390 e. The zero-order valence-corrected chi connectivity index (χ0v) is 14.4. The zero-order valence-electron chi connectivity index (χ0n) is 14.4. The van der Waals surface area contributed by atoms with Gasteiger partial charge in [-0.05, 0) is 29.4 Å². The van der Waals surface area contributed by atoms with E-state index < -0.39 is 10.9 Å². The van der Waals surface area contributed by atoms with Crippen molar-refractivity contribution in [3.63, 3.8) is 0 Å². The van der Waals surface area contributed by atoms with Crippen molar-refractivity contribution in [1.29, 1.82) is 0 Å². The number of nitro groups is 1. The first-order valence-electron chi connectivity index (χ1n) is 8.62. The summed E-state index contributed by atoms with van der Waals surface area (Å²) < 4.78 is 1.13. The van der Waals surface area contributed by atoms with Crippen LogP contribution < -0.4 is 10.2 Å². The van der Waals surface area contributed by atoms with Crippen molar-refractivity contribution in [2.24, 2.45) is 0 Å². The van der Waals surface area contributed by atoms with E-state index in [4.69, 9.17) is 0 Å². The number of hydrogen-bond acceptors (Lipinski definition) is 7. The van der Waals surface area contributed by atoms with Gasteiger partial charge in [0.1, 0.15) is 12.4 Å². The summed E-state index contributed by atoms with van der Waals surface area (Å²) in [5, 5.41) is 16.9. The van der Waals surface area contributed by atoms with E-state index in [2.05, 4.69) is 25.3 Å². The molecule has 3 heterocycles. The van der Waals surface area contributed by atoms with Crippen LogP contribution in [0.25, 0.3) is 0 Å². The van der Waals surface area contributed by atoms with Gasteiger partial charge in [0.2, 0.25) is 12.2 Å². The summed E-state index contributed by atoms with van der Waals surface area (Å²) in [5.74, 6) is 0.143. The van der Waals surface area contributed by atoms with E-state index in [0.717, 1.165) is 35.5 Å². The van der Waals surface area contributed by atoms with Gasteiger partial charge in [-0.2, -0.15) is 4.68 Å². The van der Waals surface area contributed by atoms with E-state index in [1.165, 1.54) is 25.7 Å². The molecule has 1 N–H and O–H groups in total. The van der Waals surface area contributed by atoms with Crippen molar-refractivity contribution in [2.75, 3.05) is 18.0 Å². The molecular formula is C16H21N7O3. The Morgan fingerprint density at radius 3 is 2.58 bits per heavy atom. The van der Waals surface area contributed by atoms with Gasteiger partial charge in [0.25, 0.3) is 0 Å². The van der Waals surface area contributed by atoms with E-state index in [1.54, 1.807) is 6.20 Å². The van der Waals surface area contributed by atoms with Gasteiger partial charge in [-0.1, -0.05) is 23.9 Å². The van der Waals surface area contributed by atoms with E-state index in [-0.39, 0.29) is 12.5 Å². The quantitative estimate of drug-likeness (QED) is 0.609. The molecule has 10 nitrogen and oxygen atoms in total. The summed E-state index contributed by atoms with van der Waals surface area (Å²) >= 11 is 0. The molecule has 1 fully saturated rings. The molecule has 138 valence electrons. The second-order valence-electron chi connectivity index (χ2n) is 6.20. The van der Waals surface area contributed by atoms with Gasteiger partial charge in [-0.15, -0.1) is 0 Å². The molecule has 0 unspecified atom stereocenters. The molecule has 1 aliphatic rings. The van der Waals surface area contributed by atoms with Gasteiger partial charge in [0.15, 0.2) is 0 Å². The Morgan fingerprint density at radius 1 is 1.19 bits per heavy atom. The predicted octanol–water partition coefficient (Wildman–Crippen LogP) is 1.28. The van der Waals surface area contributed by atoms with Gasteiger partial charge in [0.05, 0.1) is 0 Å². The molecule has 0 bridgehead atoms. The van der Waals surface area contributed by atoms with Gasteiger partial charge in [-0.25, -0.2) is 4.98 Å². The second kappa shape index (κ2) is 8.37. The molecule has 2 aromatic rings. The van der Waals surface area contributed by atoms with Crippen LogP contribution in [0.4, 0.5) is 11.8 Å². The first kappa shape index (κ1) is 17.8. The molecule has 2 aromatic heterocycles. The topological polar surface area (TPSA) is 119 Å². The number of rotatable bonds is 6. The van der Waals surface area contributed by atoms with Crippen molar-refractivity contribution in [3.05, 3.63) is 40.3 Å². The van der Waals surface area contributed by atoms with Gasteiger partial charge >= 0.3 is 5.95 Å². The van der Waals surface area contributed by atoms with E-state index in [9.17, 15) is 14.9 Å².